The number of H-pyrrole nitrogens is 1. The summed E-state index contributed by atoms with van der Waals surface area (Å²) in [7, 11) is 1.81. The third kappa shape index (κ3) is 2.47. The van der Waals surface area contributed by atoms with E-state index in [1.54, 1.807) is 10.9 Å². The lowest BCUT2D eigenvalue weighted by Crippen LogP contribution is -2.25. The first-order valence-corrected chi connectivity index (χ1v) is 5.23. The zero-order valence-corrected chi connectivity index (χ0v) is 9.64. The Hall–Kier alpha value is -2.25. The lowest BCUT2D eigenvalue weighted by atomic mass is 10.4. The van der Waals surface area contributed by atoms with Crippen molar-refractivity contribution in [3.63, 3.8) is 0 Å². The summed E-state index contributed by atoms with van der Waals surface area (Å²) < 4.78 is 1.73. The Kier molecular flexibility index (Phi) is 3.12. The zero-order valence-electron chi connectivity index (χ0n) is 9.64. The summed E-state index contributed by atoms with van der Waals surface area (Å²) in [5, 5.41) is 16.7. The van der Waals surface area contributed by atoms with Gasteiger partial charge in [-0.25, -0.2) is 4.98 Å². The van der Waals surface area contributed by atoms with E-state index < -0.39 is 0 Å². The van der Waals surface area contributed by atoms with Gasteiger partial charge in [0.05, 0.1) is 6.54 Å². The van der Waals surface area contributed by atoms with Crippen LogP contribution in [0.3, 0.4) is 0 Å². The van der Waals surface area contributed by atoms with E-state index in [2.05, 4.69) is 30.7 Å². The molecule has 0 aromatic carbocycles. The molecule has 0 fully saturated rings. The van der Waals surface area contributed by atoms with Gasteiger partial charge in [-0.3, -0.25) is 9.89 Å². The second-order valence-electron chi connectivity index (χ2n) is 3.50. The van der Waals surface area contributed by atoms with Crippen molar-refractivity contribution >= 4 is 5.91 Å². The topological polar surface area (TPSA) is 101 Å². The first kappa shape index (κ1) is 11.2. The maximum atomic E-state index is 11.7. The molecule has 0 atom stereocenters. The lowest BCUT2D eigenvalue weighted by Gasteiger charge is -2.01. The monoisotopic (exact) mass is 235 g/mol. The fourth-order valence-electron chi connectivity index (χ4n) is 1.26. The summed E-state index contributed by atoms with van der Waals surface area (Å²) in [4.78, 5) is 15.7. The Labute approximate surface area is 97.5 Å². The molecule has 2 N–H and O–H groups in total. The highest BCUT2D eigenvalue weighted by atomic mass is 16.2. The molecule has 0 saturated carbocycles. The maximum Gasteiger partial charge on any atom is 0.291 e. The van der Waals surface area contributed by atoms with Crippen molar-refractivity contribution in [1.82, 2.24) is 35.3 Å². The summed E-state index contributed by atoms with van der Waals surface area (Å²) in [6, 6.07) is 0. The molecule has 0 spiro atoms. The molecule has 8 nitrogen and oxygen atoms in total. The van der Waals surface area contributed by atoms with Gasteiger partial charge >= 0.3 is 0 Å². The molecule has 0 aliphatic heterocycles. The standard InChI is InChI=1S/C9H13N7O/c1-3-6-12-8(15-13-6)9(17)10-4-7-14-11-5-16(7)2/h5H,3-4H2,1-2H3,(H,10,17)(H,12,13,15). The molecule has 0 aliphatic rings. The van der Waals surface area contributed by atoms with Crippen LogP contribution in [0.1, 0.15) is 29.2 Å². The number of carbonyl (C=O) groups excluding carboxylic acids is 1. The van der Waals surface area contributed by atoms with E-state index in [1.165, 1.54) is 0 Å². The zero-order chi connectivity index (χ0) is 12.3. The van der Waals surface area contributed by atoms with Gasteiger partial charge in [0.2, 0.25) is 5.82 Å². The fourth-order valence-corrected chi connectivity index (χ4v) is 1.26. The number of aromatic amines is 1. The molecular weight excluding hydrogens is 222 g/mol. The Balaban J connectivity index is 1.95. The van der Waals surface area contributed by atoms with Gasteiger partial charge < -0.3 is 9.88 Å². The Morgan fingerprint density at radius 3 is 3.00 bits per heavy atom. The molecule has 0 bridgehead atoms. The van der Waals surface area contributed by atoms with Crippen LogP contribution in [0.5, 0.6) is 0 Å². The van der Waals surface area contributed by atoms with Gasteiger partial charge in [0, 0.05) is 13.5 Å². The summed E-state index contributed by atoms with van der Waals surface area (Å²) in [5.41, 5.74) is 0. The second kappa shape index (κ2) is 4.73. The number of aryl methyl sites for hydroxylation is 2. The third-order valence-corrected chi connectivity index (χ3v) is 2.28. The van der Waals surface area contributed by atoms with Crippen LogP contribution in [0.15, 0.2) is 6.33 Å². The van der Waals surface area contributed by atoms with E-state index in [9.17, 15) is 4.79 Å². The van der Waals surface area contributed by atoms with Gasteiger partial charge in [0.15, 0.2) is 5.82 Å². The number of hydrogen-bond donors (Lipinski definition) is 2. The Bertz CT molecular complexity index is 515. The van der Waals surface area contributed by atoms with Crippen LogP contribution < -0.4 is 5.32 Å². The first-order valence-electron chi connectivity index (χ1n) is 5.23. The van der Waals surface area contributed by atoms with Gasteiger partial charge in [0.1, 0.15) is 12.2 Å². The van der Waals surface area contributed by atoms with Crippen molar-refractivity contribution in [3.8, 4) is 0 Å². The van der Waals surface area contributed by atoms with Gasteiger partial charge in [-0.05, 0) is 0 Å². The minimum Gasteiger partial charge on any atom is -0.342 e. The van der Waals surface area contributed by atoms with Crippen LogP contribution in [0.4, 0.5) is 0 Å². The van der Waals surface area contributed by atoms with Crippen molar-refractivity contribution in [3.05, 3.63) is 23.8 Å². The van der Waals surface area contributed by atoms with Crippen molar-refractivity contribution in [2.75, 3.05) is 0 Å². The molecule has 17 heavy (non-hydrogen) atoms. The number of carbonyl (C=O) groups is 1. The molecule has 1 amide bonds. The van der Waals surface area contributed by atoms with Crippen LogP contribution in [0.2, 0.25) is 0 Å². The number of hydrogen-bond acceptors (Lipinski definition) is 5. The van der Waals surface area contributed by atoms with Crippen molar-refractivity contribution < 1.29 is 4.79 Å². The predicted octanol–water partition coefficient (Wildman–Crippen LogP) is -0.574. The summed E-state index contributed by atoms with van der Waals surface area (Å²) in [6.45, 7) is 2.23. The minimum absolute atomic E-state index is 0.143. The highest BCUT2D eigenvalue weighted by Gasteiger charge is 2.12. The Morgan fingerprint density at radius 1 is 1.59 bits per heavy atom. The molecule has 0 radical (unpaired) electrons. The van der Waals surface area contributed by atoms with E-state index >= 15 is 0 Å². The summed E-state index contributed by atoms with van der Waals surface area (Å²) in [6.07, 6.45) is 2.28. The van der Waals surface area contributed by atoms with Crippen LogP contribution in [0, 0.1) is 0 Å². The van der Waals surface area contributed by atoms with Gasteiger partial charge in [-0.2, -0.15) is 0 Å². The van der Waals surface area contributed by atoms with E-state index in [0.29, 0.717) is 24.6 Å². The summed E-state index contributed by atoms with van der Waals surface area (Å²) in [5.74, 6) is 1.17. The minimum atomic E-state index is -0.330. The summed E-state index contributed by atoms with van der Waals surface area (Å²) >= 11 is 0. The molecule has 0 unspecified atom stereocenters. The lowest BCUT2D eigenvalue weighted by molar-refractivity contribution is 0.0939. The molecule has 2 rings (SSSR count). The predicted molar refractivity (Wildman–Crippen MR) is 57.9 cm³/mol. The molecule has 0 aliphatic carbocycles. The van der Waals surface area contributed by atoms with E-state index in [4.69, 9.17) is 0 Å². The smallest absolute Gasteiger partial charge is 0.291 e. The Morgan fingerprint density at radius 2 is 2.41 bits per heavy atom. The van der Waals surface area contributed by atoms with Gasteiger partial charge in [0.25, 0.3) is 5.91 Å². The number of amides is 1. The van der Waals surface area contributed by atoms with Crippen LogP contribution in [-0.4, -0.2) is 35.9 Å². The first-order chi connectivity index (χ1) is 8.20. The molecule has 2 heterocycles. The van der Waals surface area contributed by atoms with Crippen molar-refractivity contribution in [2.45, 2.75) is 19.9 Å². The highest BCUT2D eigenvalue weighted by molar-refractivity contribution is 5.90. The molecular formula is C9H13N7O. The fraction of sp³-hybridized carbons (Fsp3) is 0.444. The molecule has 0 saturated heterocycles. The molecule has 8 heteroatoms. The average Bonchev–Trinajstić information content (AvgIpc) is 2.94. The largest absolute Gasteiger partial charge is 0.342 e. The normalized spacial score (nSPS) is 10.5. The van der Waals surface area contributed by atoms with E-state index in [1.807, 2.05) is 14.0 Å². The number of nitrogens with one attached hydrogen (secondary N) is 2. The van der Waals surface area contributed by atoms with Gasteiger partial charge in [-0.15, -0.1) is 15.3 Å². The molecule has 2 aromatic rings. The second-order valence-corrected chi connectivity index (χ2v) is 3.50. The number of nitrogens with zero attached hydrogens (tertiary/aromatic N) is 5. The molecule has 90 valence electrons. The number of rotatable bonds is 4. The quantitative estimate of drug-likeness (QED) is 0.738. The SMILES string of the molecule is CCc1nc(C(=O)NCc2nncn2C)n[nH]1. The maximum absolute atomic E-state index is 11.7. The van der Waals surface area contributed by atoms with Crippen LogP contribution in [-0.2, 0) is 20.0 Å². The average molecular weight is 235 g/mol. The third-order valence-electron chi connectivity index (χ3n) is 2.28. The van der Waals surface area contributed by atoms with Crippen molar-refractivity contribution in [1.29, 1.82) is 0 Å². The highest BCUT2D eigenvalue weighted by Crippen LogP contribution is 1.95. The number of aromatic nitrogens is 6. The van der Waals surface area contributed by atoms with E-state index in [-0.39, 0.29) is 11.7 Å². The van der Waals surface area contributed by atoms with E-state index in [0.717, 1.165) is 0 Å². The molecule has 2 aromatic heterocycles. The van der Waals surface area contributed by atoms with Gasteiger partial charge in [-0.1, -0.05) is 6.92 Å². The van der Waals surface area contributed by atoms with Crippen LogP contribution >= 0.6 is 0 Å². The van der Waals surface area contributed by atoms with Crippen LogP contribution in [0.25, 0.3) is 0 Å². The van der Waals surface area contributed by atoms with Crippen molar-refractivity contribution in [2.24, 2.45) is 7.05 Å².